The van der Waals surface area contributed by atoms with Crippen molar-refractivity contribution in [3.63, 3.8) is 0 Å². The molecule has 0 aliphatic carbocycles. The third kappa shape index (κ3) is 8.05. The number of rotatable bonds is 10. The van der Waals surface area contributed by atoms with E-state index < -0.39 is 21.8 Å². The Morgan fingerprint density at radius 2 is 1.53 bits per heavy atom. The van der Waals surface area contributed by atoms with Crippen LogP contribution in [0.3, 0.4) is 0 Å². The molecule has 3 amide bonds. The first kappa shape index (κ1) is 32.9. The number of nitrogens with zero attached hydrogens (tertiary/aromatic N) is 3. The average Bonchev–Trinajstić information content (AvgIpc) is 3.57. The van der Waals surface area contributed by atoms with E-state index in [4.69, 9.17) is 23.2 Å². The lowest BCUT2D eigenvalue weighted by Crippen LogP contribution is -2.44. The molecule has 2 fully saturated rings. The second-order valence-corrected chi connectivity index (χ2v) is 14.0. The maximum absolute atomic E-state index is 13.8. The molecule has 0 aromatic heterocycles. The van der Waals surface area contributed by atoms with E-state index in [9.17, 15) is 22.8 Å². The molecule has 0 spiro atoms. The van der Waals surface area contributed by atoms with Gasteiger partial charge in [0, 0.05) is 23.7 Å². The van der Waals surface area contributed by atoms with Gasteiger partial charge in [0.05, 0.1) is 27.7 Å². The minimum Gasteiger partial charge on any atom is -0.343 e. The van der Waals surface area contributed by atoms with E-state index >= 15 is 0 Å². The molecule has 2 aliphatic rings. The highest BCUT2D eigenvalue weighted by molar-refractivity contribution is 7.93. The van der Waals surface area contributed by atoms with Crippen molar-refractivity contribution in [3.8, 4) is 0 Å². The van der Waals surface area contributed by atoms with Crippen molar-refractivity contribution in [3.05, 3.63) is 94.0 Å². The zero-order valence-electron chi connectivity index (χ0n) is 24.8. The highest BCUT2D eigenvalue weighted by Crippen LogP contribution is 2.30. The number of anilines is 1. The second kappa shape index (κ2) is 14.8. The van der Waals surface area contributed by atoms with E-state index in [0.29, 0.717) is 28.3 Å². The fourth-order valence-electron chi connectivity index (χ4n) is 5.80. The van der Waals surface area contributed by atoms with Crippen molar-refractivity contribution in [2.24, 2.45) is 5.92 Å². The van der Waals surface area contributed by atoms with Crippen LogP contribution in [-0.2, 0) is 14.8 Å². The number of amides is 3. The molecule has 0 radical (unpaired) electrons. The summed E-state index contributed by atoms with van der Waals surface area (Å²) in [6.07, 6.45) is 5.68. The van der Waals surface area contributed by atoms with Gasteiger partial charge in [0.25, 0.3) is 21.8 Å². The summed E-state index contributed by atoms with van der Waals surface area (Å²) in [4.78, 5) is 43.3. The van der Waals surface area contributed by atoms with Gasteiger partial charge in [-0.15, -0.1) is 0 Å². The Morgan fingerprint density at radius 3 is 2.18 bits per heavy atom. The minimum atomic E-state index is -4.43. The highest BCUT2D eigenvalue weighted by Gasteiger charge is 2.33. The van der Waals surface area contributed by atoms with Crippen LogP contribution >= 0.6 is 23.2 Å². The normalized spacial score (nSPS) is 16.0. The fourth-order valence-corrected chi connectivity index (χ4v) is 7.69. The van der Waals surface area contributed by atoms with Crippen LogP contribution in [0.1, 0.15) is 52.8 Å². The summed E-state index contributed by atoms with van der Waals surface area (Å²) >= 11 is 12.2. The zero-order chi connectivity index (χ0) is 32.0. The second-order valence-electron chi connectivity index (χ2n) is 11.4. The molecule has 2 saturated heterocycles. The summed E-state index contributed by atoms with van der Waals surface area (Å²) in [5.41, 5.74) is 0.255. The number of benzene rings is 3. The van der Waals surface area contributed by atoms with Crippen LogP contribution in [-0.4, -0.2) is 75.2 Å². The van der Waals surface area contributed by atoms with Gasteiger partial charge < -0.3 is 15.1 Å². The third-order valence-corrected chi connectivity index (χ3v) is 10.7. The van der Waals surface area contributed by atoms with Crippen molar-refractivity contribution in [1.29, 1.82) is 0 Å². The summed E-state index contributed by atoms with van der Waals surface area (Å²) in [7, 11) is -4.43. The number of carbonyl (C=O) groups is 3. The standard InChI is InChI=1S/C33H36Cl2N4O5S/c34-26-10-13-29(30(35)22-26)33(42)39(27-6-2-1-3-7-27)45(43,44)28-11-8-25(9-12-28)32(41)36-23-31(40)38-20-15-24(16-21-38)14-19-37-17-4-5-18-37/h1-3,6-13,22,24H,4-5,14-21,23H2,(H,36,41). The van der Waals surface area contributed by atoms with Crippen molar-refractivity contribution in [1.82, 2.24) is 15.1 Å². The predicted molar refractivity (Wildman–Crippen MR) is 175 cm³/mol. The number of hydrogen-bond acceptors (Lipinski definition) is 6. The Hall–Kier alpha value is -3.44. The van der Waals surface area contributed by atoms with E-state index in [1.54, 1.807) is 23.1 Å². The highest BCUT2D eigenvalue weighted by atomic mass is 35.5. The number of nitrogens with one attached hydrogen (secondary N) is 1. The summed E-state index contributed by atoms with van der Waals surface area (Å²) in [5.74, 6) is -0.885. The van der Waals surface area contributed by atoms with Gasteiger partial charge in [0.1, 0.15) is 0 Å². The lowest BCUT2D eigenvalue weighted by Gasteiger charge is -2.32. The lowest BCUT2D eigenvalue weighted by atomic mass is 9.93. The summed E-state index contributed by atoms with van der Waals surface area (Å²) in [5, 5.41) is 2.96. The molecule has 12 heteroatoms. The molecule has 3 aromatic carbocycles. The molecule has 45 heavy (non-hydrogen) atoms. The minimum absolute atomic E-state index is 0.00656. The van der Waals surface area contributed by atoms with E-state index in [2.05, 4.69) is 10.2 Å². The van der Waals surface area contributed by atoms with Crippen LogP contribution in [0.5, 0.6) is 0 Å². The lowest BCUT2D eigenvalue weighted by molar-refractivity contribution is -0.131. The Bertz CT molecular complexity index is 1620. The zero-order valence-corrected chi connectivity index (χ0v) is 27.2. The Kier molecular flexibility index (Phi) is 10.8. The van der Waals surface area contributed by atoms with Crippen LogP contribution in [0, 0.1) is 5.92 Å². The number of para-hydroxylation sites is 1. The van der Waals surface area contributed by atoms with Crippen LogP contribution in [0.25, 0.3) is 0 Å². The number of piperidine rings is 1. The van der Waals surface area contributed by atoms with Gasteiger partial charge in [-0.3, -0.25) is 14.4 Å². The first-order valence-corrected chi connectivity index (χ1v) is 17.3. The number of halogens is 2. The molecular formula is C33H36Cl2N4O5S. The van der Waals surface area contributed by atoms with Crippen LogP contribution in [0.4, 0.5) is 5.69 Å². The van der Waals surface area contributed by atoms with E-state index in [1.165, 1.54) is 80.5 Å². The molecule has 2 heterocycles. The summed E-state index contributed by atoms with van der Waals surface area (Å²) in [6, 6.07) is 17.3. The number of likely N-dealkylation sites (tertiary alicyclic amines) is 2. The molecular weight excluding hydrogens is 635 g/mol. The van der Waals surface area contributed by atoms with Crippen molar-refractivity contribution in [2.75, 3.05) is 43.6 Å². The Morgan fingerprint density at radius 1 is 0.867 bits per heavy atom. The molecule has 3 aromatic rings. The van der Waals surface area contributed by atoms with Crippen LogP contribution < -0.4 is 9.62 Å². The largest absolute Gasteiger partial charge is 0.343 e. The number of hydrogen-bond donors (Lipinski definition) is 1. The van der Waals surface area contributed by atoms with Gasteiger partial charge in [0.2, 0.25) is 5.91 Å². The van der Waals surface area contributed by atoms with E-state index in [0.717, 1.165) is 25.8 Å². The molecule has 5 rings (SSSR count). The van der Waals surface area contributed by atoms with Gasteiger partial charge in [0.15, 0.2) is 0 Å². The maximum Gasteiger partial charge on any atom is 0.273 e. The van der Waals surface area contributed by atoms with Gasteiger partial charge in [-0.05, 0) is 112 Å². The van der Waals surface area contributed by atoms with Crippen molar-refractivity contribution < 1.29 is 22.8 Å². The SMILES string of the molecule is O=C(NCC(=O)N1CCC(CCN2CCCC2)CC1)c1ccc(S(=O)(=O)N(C(=O)c2ccc(Cl)cc2Cl)c2ccccc2)cc1. The van der Waals surface area contributed by atoms with Crippen molar-refractivity contribution in [2.45, 2.75) is 37.0 Å². The molecule has 9 nitrogen and oxygen atoms in total. The van der Waals surface area contributed by atoms with E-state index in [1.807, 2.05) is 0 Å². The molecule has 0 atom stereocenters. The summed E-state index contributed by atoms with van der Waals surface area (Å²) in [6.45, 7) is 4.75. The smallest absolute Gasteiger partial charge is 0.273 e. The van der Waals surface area contributed by atoms with Gasteiger partial charge >= 0.3 is 0 Å². The number of carbonyl (C=O) groups excluding carboxylic acids is 3. The third-order valence-electron chi connectivity index (χ3n) is 8.41. The molecule has 2 aliphatic heterocycles. The molecule has 1 N–H and O–H groups in total. The molecule has 0 saturated carbocycles. The molecule has 238 valence electrons. The molecule has 0 unspecified atom stereocenters. The van der Waals surface area contributed by atoms with Crippen LogP contribution in [0.15, 0.2) is 77.7 Å². The Labute approximate surface area is 274 Å². The fraction of sp³-hybridized carbons (Fsp3) is 0.364. The predicted octanol–water partition coefficient (Wildman–Crippen LogP) is 5.48. The quantitative estimate of drug-likeness (QED) is 0.306. The van der Waals surface area contributed by atoms with Gasteiger partial charge in [-0.1, -0.05) is 41.4 Å². The van der Waals surface area contributed by atoms with Gasteiger partial charge in [-0.2, -0.15) is 4.31 Å². The monoisotopic (exact) mass is 670 g/mol. The van der Waals surface area contributed by atoms with Gasteiger partial charge in [-0.25, -0.2) is 8.42 Å². The number of sulfonamides is 1. The maximum atomic E-state index is 13.8. The van der Waals surface area contributed by atoms with Crippen LogP contribution in [0.2, 0.25) is 10.0 Å². The summed E-state index contributed by atoms with van der Waals surface area (Å²) < 4.78 is 28.3. The first-order valence-electron chi connectivity index (χ1n) is 15.1. The topological polar surface area (TPSA) is 107 Å². The van der Waals surface area contributed by atoms with Crippen molar-refractivity contribution >= 4 is 56.6 Å². The first-order chi connectivity index (χ1) is 21.6. The average molecular weight is 672 g/mol. The van der Waals surface area contributed by atoms with E-state index in [-0.39, 0.29) is 39.2 Å². The molecule has 0 bridgehead atoms. The Balaban J connectivity index is 1.20.